The van der Waals surface area contributed by atoms with Gasteiger partial charge in [0, 0.05) is 11.6 Å². The van der Waals surface area contributed by atoms with E-state index in [1.54, 1.807) is 6.92 Å². The Morgan fingerprint density at radius 1 is 1.48 bits per heavy atom. The van der Waals surface area contributed by atoms with Crippen LogP contribution in [0.2, 0.25) is 0 Å². The monoisotopic (exact) mass is 343 g/mol. The van der Waals surface area contributed by atoms with Gasteiger partial charge in [-0.3, -0.25) is 20.3 Å². The molecule has 11 heteroatoms. The SMILES string of the molecule is CCOC(=O)c1ccc(CN2NC(=O)CS2(=O)=O)c([N+](=O)[O-])c1. The summed E-state index contributed by atoms with van der Waals surface area (Å²) < 4.78 is 28.8. The molecule has 2 rings (SSSR count). The summed E-state index contributed by atoms with van der Waals surface area (Å²) in [5.41, 5.74) is 1.69. The fraction of sp³-hybridized carbons (Fsp3) is 0.333. The minimum absolute atomic E-state index is 0.0179. The molecule has 23 heavy (non-hydrogen) atoms. The van der Waals surface area contributed by atoms with Gasteiger partial charge in [-0.25, -0.2) is 13.2 Å². The second kappa shape index (κ2) is 6.30. The molecule has 1 fully saturated rings. The molecule has 0 radical (unpaired) electrons. The van der Waals surface area contributed by atoms with E-state index in [-0.39, 0.29) is 17.7 Å². The van der Waals surface area contributed by atoms with Crippen LogP contribution in [0.5, 0.6) is 0 Å². The summed E-state index contributed by atoms with van der Waals surface area (Å²) in [6, 6.07) is 3.56. The molecule has 1 aromatic rings. The Hall–Kier alpha value is -2.53. The third-order valence-electron chi connectivity index (χ3n) is 3.01. The molecule has 0 spiro atoms. The highest BCUT2D eigenvalue weighted by molar-refractivity contribution is 7.90. The van der Waals surface area contributed by atoms with Crippen LogP contribution in [0.15, 0.2) is 18.2 Å². The Bertz CT molecular complexity index is 775. The van der Waals surface area contributed by atoms with Crippen molar-refractivity contribution in [2.75, 3.05) is 12.4 Å². The minimum Gasteiger partial charge on any atom is -0.462 e. The number of carbonyl (C=O) groups is 2. The van der Waals surface area contributed by atoms with Gasteiger partial charge in [-0.15, -0.1) is 4.41 Å². The van der Waals surface area contributed by atoms with Gasteiger partial charge in [-0.2, -0.15) is 0 Å². The van der Waals surface area contributed by atoms with Gasteiger partial charge < -0.3 is 4.74 Å². The lowest BCUT2D eigenvalue weighted by Gasteiger charge is -2.14. The summed E-state index contributed by atoms with van der Waals surface area (Å²) >= 11 is 0. The van der Waals surface area contributed by atoms with Crippen molar-refractivity contribution in [1.29, 1.82) is 0 Å². The molecular weight excluding hydrogens is 330 g/mol. The van der Waals surface area contributed by atoms with Crippen molar-refractivity contribution >= 4 is 27.6 Å². The molecule has 0 bridgehead atoms. The van der Waals surface area contributed by atoms with Gasteiger partial charge in [0.2, 0.25) is 10.0 Å². The van der Waals surface area contributed by atoms with Crippen LogP contribution in [-0.4, -0.2) is 42.0 Å². The predicted octanol–water partition coefficient (Wildman–Crippen LogP) is -0.0519. The smallest absolute Gasteiger partial charge is 0.338 e. The van der Waals surface area contributed by atoms with E-state index < -0.39 is 44.8 Å². The molecule has 1 aliphatic heterocycles. The molecule has 10 nitrogen and oxygen atoms in total. The fourth-order valence-electron chi connectivity index (χ4n) is 1.99. The minimum atomic E-state index is -3.85. The highest BCUT2D eigenvalue weighted by Crippen LogP contribution is 2.24. The number of hydrogen-bond acceptors (Lipinski definition) is 7. The van der Waals surface area contributed by atoms with Crippen molar-refractivity contribution in [3.05, 3.63) is 39.4 Å². The molecule has 0 saturated carbocycles. The van der Waals surface area contributed by atoms with E-state index in [0.717, 1.165) is 6.07 Å². The van der Waals surface area contributed by atoms with E-state index in [2.05, 4.69) is 5.43 Å². The first-order valence-electron chi connectivity index (χ1n) is 6.49. The topological polar surface area (TPSA) is 136 Å². The average molecular weight is 343 g/mol. The van der Waals surface area contributed by atoms with Crippen molar-refractivity contribution in [3.63, 3.8) is 0 Å². The summed E-state index contributed by atoms with van der Waals surface area (Å²) in [5, 5.41) is 11.2. The highest BCUT2D eigenvalue weighted by atomic mass is 32.2. The van der Waals surface area contributed by atoms with Crippen molar-refractivity contribution < 1.29 is 27.7 Å². The lowest BCUT2D eigenvalue weighted by molar-refractivity contribution is -0.385. The molecule has 124 valence electrons. The second-order valence-electron chi connectivity index (χ2n) is 4.62. The number of rotatable bonds is 5. The third-order valence-corrected chi connectivity index (χ3v) is 4.52. The Morgan fingerprint density at radius 2 is 2.17 bits per heavy atom. The zero-order valence-corrected chi connectivity index (χ0v) is 12.8. The number of amides is 1. The Balaban J connectivity index is 2.34. The van der Waals surface area contributed by atoms with Crippen LogP contribution >= 0.6 is 0 Å². The molecule has 0 unspecified atom stereocenters. The quantitative estimate of drug-likeness (QED) is 0.449. The molecular formula is C12H13N3O7S. The number of sulfonamides is 1. The van der Waals surface area contributed by atoms with Crippen molar-refractivity contribution in [3.8, 4) is 0 Å². The fourth-order valence-corrected chi connectivity index (χ4v) is 3.11. The third kappa shape index (κ3) is 3.63. The van der Waals surface area contributed by atoms with Gasteiger partial charge >= 0.3 is 5.97 Å². The lowest BCUT2D eigenvalue weighted by Crippen LogP contribution is -2.35. The number of nitro groups is 1. The summed E-state index contributed by atoms with van der Waals surface area (Å²) in [4.78, 5) is 33.2. The maximum absolute atomic E-state index is 11.7. The number of hydrogen-bond donors (Lipinski definition) is 1. The molecule has 1 aliphatic rings. The summed E-state index contributed by atoms with van der Waals surface area (Å²) in [6.45, 7) is 1.31. The van der Waals surface area contributed by atoms with Gasteiger partial charge in [0.1, 0.15) is 5.75 Å². The van der Waals surface area contributed by atoms with Crippen LogP contribution in [0.25, 0.3) is 0 Å². The number of nitrogens with one attached hydrogen (secondary N) is 1. The first kappa shape index (κ1) is 16.8. The number of hydrazine groups is 1. The summed E-state index contributed by atoms with van der Waals surface area (Å²) in [5.74, 6) is -2.14. The van der Waals surface area contributed by atoms with Crippen molar-refractivity contribution in [2.45, 2.75) is 13.5 Å². The number of nitro benzene ring substituents is 1. The molecule has 1 heterocycles. The highest BCUT2D eigenvalue weighted by Gasteiger charge is 2.35. The number of nitrogens with zero attached hydrogens (tertiary/aromatic N) is 2. The predicted molar refractivity (Wildman–Crippen MR) is 76.5 cm³/mol. The van der Waals surface area contributed by atoms with E-state index in [0.29, 0.717) is 4.41 Å². The van der Waals surface area contributed by atoms with Crippen LogP contribution in [0.1, 0.15) is 22.8 Å². The molecule has 0 atom stereocenters. The van der Waals surface area contributed by atoms with Gasteiger partial charge in [0.05, 0.1) is 23.6 Å². The van der Waals surface area contributed by atoms with Crippen LogP contribution in [0, 0.1) is 10.1 Å². The molecule has 0 aliphatic carbocycles. The molecule has 0 aromatic heterocycles. The van der Waals surface area contributed by atoms with Crippen LogP contribution in [0.3, 0.4) is 0 Å². The zero-order valence-electron chi connectivity index (χ0n) is 12.0. The van der Waals surface area contributed by atoms with E-state index >= 15 is 0 Å². The normalized spacial score (nSPS) is 16.8. The number of esters is 1. The molecule has 1 saturated heterocycles. The zero-order chi connectivity index (χ0) is 17.2. The van der Waals surface area contributed by atoms with Gasteiger partial charge in [0.25, 0.3) is 11.6 Å². The number of benzene rings is 1. The first-order valence-corrected chi connectivity index (χ1v) is 8.10. The maximum atomic E-state index is 11.7. The number of ether oxygens (including phenoxy) is 1. The Morgan fingerprint density at radius 3 is 2.70 bits per heavy atom. The Labute approximate surface area is 131 Å². The van der Waals surface area contributed by atoms with Gasteiger partial charge in [-0.05, 0) is 19.1 Å². The molecule has 1 amide bonds. The van der Waals surface area contributed by atoms with E-state index in [4.69, 9.17) is 4.74 Å². The molecule has 1 N–H and O–H groups in total. The van der Waals surface area contributed by atoms with Crippen molar-refractivity contribution in [2.24, 2.45) is 0 Å². The standard InChI is InChI=1S/C12H13N3O7S/c1-2-22-12(17)8-3-4-9(10(5-8)15(18)19)6-14-13-11(16)7-23(14,20)21/h3-5H,2,6-7H2,1H3,(H,13,16). The average Bonchev–Trinajstić information content (AvgIpc) is 2.71. The first-order chi connectivity index (χ1) is 10.7. The largest absolute Gasteiger partial charge is 0.462 e. The summed E-state index contributed by atoms with van der Waals surface area (Å²) in [6.07, 6.45) is 0. The van der Waals surface area contributed by atoms with Crippen LogP contribution < -0.4 is 5.43 Å². The van der Waals surface area contributed by atoms with Crippen molar-refractivity contribution in [1.82, 2.24) is 9.84 Å². The van der Waals surface area contributed by atoms with E-state index in [9.17, 15) is 28.1 Å². The summed E-state index contributed by atoms with van der Waals surface area (Å²) in [7, 11) is -3.85. The van der Waals surface area contributed by atoms with E-state index in [1.807, 2.05) is 0 Å². The van der Waals surface area contributed by atoms with E-state index in [1.165, 1.54) is 12.1 Å². The second-order valence-corrected chi connectivity index (χ2v) is 6.51. The number of carbonyl (C=O) groups excluding carboxylic acids is 2. The Kier molecular flexibility index (Phi) is 4.61. The lowest BCUT2D eigenvalue weighted by atomic mass is 10.1. The maximum Gasteiger partial charge on any atom is 0.338 e. The van der Waals surface area contributed by atoms with Gasteiger partial charge in [-0.1, -0.05) is 0 Å². The molecule has 1 aromatic carbocycles. The van der Waals surface area contributed by atoms with Crippen LogP contribution in [-0.2, 0) is 26.1 Å². The van der Waals surface area contributed by atoms with Crippen LogP contribution in [0.4, 0.5) is 5.69 Å². The van der Waals surface area contributed by atoms with Gasteiger partial charge in [0.15, 0.2) is 0 Å².